The van der Waals surface area contributed by atoms with Crippen LogP contribution in [0.2, 0.25) is 0 Å². The van der Waals surface area contributed by atoms with Crippen molar-refractivity contribution in [1.29, 1.82) is 0 Å². The second-order valence-corrected chi connectivity index (χ2v) is 3.11. The van der Waals surface area contributed by atoms with Crippen LogP contribution in [0.15, 0.2) is 31.4 Å². The van der Waals surface area contributed by atoms with Gasteiger partial charge in [-0.3, -0.25) is 0 Å². The minimum absolute atomic E-state index is 0.0295. The van der Waals surface area contributed by atoms with E-state index in [0.717, 1.165) is 11.1 Å². The summed E-state index contributed by atoms with van der Waals surface area (Å²) in [7, 11) is 1.59. The van der Waals surface area contributed by atoms with Crippen LogP contribution < -0.4 is 4.74 Å². The average Bonchev–Trinajstić information content (AvgIpc) is 2.16. The smallest absolute Gasteiger partial charge is 0.127 e. The fraction of sp³-hybridized carbons (Fsp3) is 0.167. The molecule has 0 aromatic heterocycles. The van der Waals surface area contributed by atoms with Crippen LogP contribution in [0.5, 0.6) is 5.75 Å². The lowest BCUT2D eigenvalue weighted by molar-refractivity contribution is 0.412. The van der Waals surface area contributed by atoms with Crippen LogP contribution in [0, 0.1) is 0 Å². The van der Waals surface area contributed by atoms with Gasteiger partial charge in [-0.1, -0.05) is 25.3 Å². The molecule has 0 atom stereocenters. The Balaban J connectivity index is 3.43. The van der Waals surface area contributed by atoms with Crippen molar-refractivity contribution >= 4 is 11.3 Å². The number of benzene rings is 1. The Hall–Kier alpha value is -1.70. The molecule has 0 aliphatic heterocycles. The van der Waals surface area contributed by atoms with Gasteiger partial charge < -0.3 is 9.84 Å². The van der Waals surface area contributed by atoms with Gasteiger partial charge in [-0.05, 0) is 18.6 Å². The molecule has 1 rings (SSSR count). The van der Waals surface area contributed by atoms with Crippen LogP contribution in [-0.2, 0) is 0 Å². The number of hydrogen-bond acceptors (Lipinski definition) is 2. The third kappa shape index (κ3) is 1.79. The summed E-state index contributed by atoms with van der Waals surface area (Å²) in [5.74, 6) is 0.729. The predicted molar refractivity (Wildman–Crippen MR) is 59.4 cm³/mol. The number of aliphatic hydroxyl groups is 1. The summed E-state index contributed by atoms with van der Waals surface area (Å²) in [6, 6.07) is 5.42. The van der Waals surface area contributed by atoms with E-state index in [9.17, 15) is 5.11 Å². The normalized spacial score (nSPS) is 9.57. The standard InChI is InChI=1S/C12H14O2/c1-8(2)12-10(9(3)13)6-5-7-11(12)14-4/h5-7,13H,1,3H2,2,4H3. The minimum atomic E-state index is 0.0295. The number of aliphatic hydroxyl groups excluding tert-OH is 1. The summed E-state index contributed by atoms with van der Waals surface area (Å²) in [6.45, 7) is 9.21. The van der Waals surface area contributed by atoms with Crippen molar-refractivity contribution in [3.8, 4) is 5.75 Å². The van der Waals surface area contributed by atoms with Gasteiger partial charge in [0.15, 0.2) is 0 Å². The predicted octanol–water partition coefficient (Wildman–Crippen LogP) is 3.26. The van der Waals surface area contributed by atoms with Gasteiger partial charge in [-0.25, -0.2) is 0 Å². The van der Waals surface area contributed by atoms with Crippen LogP contribution in [0.1, 0.15) is 18.1 Å². The number of methoxy groups -OCH3 is 1. The van der Waals surface area contributed by atoms with Gasteiger partial charge in [-0.15, -0.1) is 0 Å². The highest BCUT2D eigenvalue weighted by Crippen LogP contribution is 2.30. The lowest BCUT2D eigenvalue weighted by Crippen LogP contribution is -1.95. The van der Waals surface area contributed by atoms with E-state index in [0.29, 0.717) is 11.3 Å². The van der Waals surface area contributed by atoms with Crippen molar-refractivity contribution in [2.45, 2.75) is 6.92 Å². The monoisotopic (exact) mass is 190 g/mol. The summed E-state index contributed by atoms with van der Waals surface area (Å²) in [4.78, 5) is 0. The molecule has 74 valence electrons. The molecule has 0 spiro atoms. The van der Waals surface area contributed by atoms with Gasteiger partial charge in [0, 0.05) is 11.1 Å². The van der Waals surface area contributed by atoms with Crippen LogP contribution >= 0.6 is 0 Å². The summed E-state index contributed by atoms with van der Waals surface area (Å²) in [5.41, 5.74) is 2.31. The first-order valence-electron chi connectivity index (χ1n) is 4.29. The molecule has 0 saturated carbocycles. The lowest BCUT2D eigenvalue weighted by Gasteiger charge is -2.12. The van der Waals surface area contributed by atoms with Crippen LogP contribution in [-0.4, -0.2) is 12.2 Å². The zero-order chi connectivity index (χ0) is 10.7. The average molecular weight is 190 g/mol. The summed E-state index contributed by atoms with van der Waals surface area (Å²) in [5, 5.41) is 9.38. The first kappa shape index (κ1) is 10.4. The van der Waals surface area contributed by atoms with Gasteiger partial charge >= 0.3 is 0 Å². The van der Waals surface area contributed by atoms with Crippen molar-refractivity contribution in [3.05, 3.63) is 42.5 Å². The Morgan fingerprint density at radius 1 is 1.36 bits per heavy atom. The Bertz CT molecular complexity index is 378. The highest BCUT2D eigenvalue weighted by Gasteiger charge is 2.10. The van der Waals surface area contributed by atoms with Crippen molar-refractivity contribution in [1.82, 2.24) is 0 Å². The van der Waals surface area contributed by atoms with E-state index in [1.165, 1.54) is 0 Å². The highest BCUT2D eigenvalue weighted by molar-refractivity contribution is 5.78. The largest absolute Gasteiger partial charge is 0.508 e. The van der Waals surface area contributed by atoms with Crippen molar-refractivity contribution in [2.75, 3.05) is 7.11 Å². The summed E-state index contributed by atoms with van der Waals surface area (Å²) in [6.07, 6.45) is 0. The SMILES string of the molecule is C=C(O)c1cccc(OC)c1C(=C)C. The molecular formula is C12H14O2. The van der Waals surface area contributed by atoms with Crippen LogP contribution in [0.3, 0.4) is 0 Å². The molecule has 0 heterocycles. The van der Waals surface area contributed by atoms with Gasteiger partial charge in [0.25, 0.3) is 0 Å². The summed E-state index contributed by atoms with van der Waals surface area (Å²) >= 11 is 0. The molecular weight excluding hydrogens is 176 g/mol. The molecule has 0 saturated heterocycles. The lowest BCUT2D eigenvalue weighted by atomic mass is 10.00. The maximum atomic E-state index is 9.38. The van der Waals surface area contributed by atoms with E-state index >= 15 is 0 Å². The second kappa shape index (κ2) is 4.01. The van der Waals surface area contributed by atoms with Crippen molar-refractivity contribution in [3.63, 3.8) is 0 Å². The van der Waals surface area contributed by atoms with Gasteiger partial charge in [0.2, 0.25) is 0 Å². The second-order valence-electron chi connectivity index (χ2n) is 3.11. The molecule has 14 heavy (non-hydrogen) atoms. The quantitative estimate of drug-likeness (QED) is 0.741. The first-order valence-corrected chi connectivity index (χ1v) is 4.29. The van der Waals surface area contributed by atoms with Crippen molar-refractivity contribution in [2.24, 2.45) is 0 Å². The number of ether oxygens (including phenoxy) is 1. The first-order chi connectivity index (χ1) is 6.57. The van der Waals surface area contributed by atoms with E-state index in [1.807, 2.05) is 19.1 Å². The molecule has 0 fully saturated rings. The zero-order valence-electron chi connectivity index (χ0n) is 8.50. The van der Waals surface area contributed by atoms with Gasteiger partial charge in [-0.2, -0.15) is 0 Å². The maximum Gasteiger partial charge on any atom is 0.127 e. The molecule has 2 heteroatoms. The van der Waals surface area contributed by atoms with E-state index in [1.54, 1.807) is 13.2 Å². The van der Waals surface area contributed by atoms with Crippen LogP contribution in [0.25, 0.3) is 11.3 Å². The number of allylic oxidation sites excluding steroid dienone is 1. The van der Waals surface area contributed by atoms with Crippen molar-refractivity contribution < 1.29 is 9.84 Å². The van der Waals surface area contributed by atoms with E-state index in [4.69, 9.17) is 4.74 Å². The third-order valence-corrected chi connectivity index (χ3v) is 1.98. The molecule has 0 amide bonds. The number of hydrogen-bond donors (Lipinski definition) is 1. The van der Waals surface area contributed by atoms with Gasteiger partial charge in [0.05, 0.1) is 7.11 Å². The van der Waals surface area contributed by atoms with E-state index in [2.05, 4.69) is 13.2 Å². The fourth-order valence-electron chi connectivity index (χ4n) is 1.38. The maximum absolute atomic E-state index is 9.38. The van der Waals surface area contributed by atoms with E-state index in [-0.39, 0.29) is 5.76 Å². The Morgan fingerprint density at radius 2 is 2.00 bits per heavy atom. The molecule has 0 unspecified atom stereocenters. The molecule has 1 aromatic carbocycles. The third-order valence-electron chi connectivity index (χ3n) is 1.98. The van der Waals surface area contributed by atoms with E-state index < -0.39 is 0 Å². The topological polar surface area (TPSA) is 29.5 Å². The summed E-state index contributed by atoms with van der Waals surface area (Å²) < 4.78 is 5.18. The fourth-order valence-corrected chi connectivity index (χ4v) is 1.38. The molecule has 2 nitrogen and oxygen atoms in total. The Morgan fingerprint density at radius 3 is 2.43 bits per heavy atom. The molecule has 0 bridgehead atoms. The minimum Gasteiger partial charge on any atom is -0.508 e. The molecule has 1 N–H and O–H groups in total. The van der Waals surface area contributed by atoms with Crippen LogP contribution in [0.4, 0.5) is 0 Å². The highest BCUT2D eigenvalue weighted by atomic mass is 16.5. The van der Waals surface area contributed by atoms with Gasteiger partial charge in [0.1, 0.15) is 11.5 Å². The molecule has 0 aliphatic carbocycles. The molecule has 1 aromatic rings. The molecule has 0 aliphatic rings. The zero-order valence-corrected chi connectivity index (χ0v) is 8.50. The molecule has 0 radical (unpaired) electrons. The Labute approximate surface area is 84.1 Å². The Kier molecular flexibility index (Phi) is 2.97. The number of rotatable bonds is 3.